The van der Waals surface area contributed by atoms with Gasteiger partial charge in [0.2, 0.25) is 0 Å². The SMILES string of the molecule is C#CC1=C(c2ccccc2C)C2(c3cc(-c4ccc(C)cc4)ccc31)c1ccccc1-c1cc(-c3ccc(C(C)c4ccc(C)cc4C4=C(C)CCC=C4)cc3)ccc12.CC.Cc1ccccc1-c1ccccc1C. The molecule has 9 aromatic rings. The molecule has 0 N–H and O–H groups in total. The molecular formula is C75H68. The topological polar surface area (TPSA) is 0 Å². The van der Waals surface area contributed by atoms with Gasteiger partial charge in [-0.05, 0) is 183 Å². The van der Waals surface area contributed by atoms with Gasteiger partial charge in [-0.25, -0.2) is 0 Å². The summed E-state index contributed by atoms with van der Waals surface area (Å²) in [7, 11) is 0. The van der Waals surface area contributed by atoms with Crippen molar-refractivity contribution in [2.45, 2.75) is 86.5 Å². The second kappa shape index (κ2) is 21.3. The van der Waals surface area contributed by atoms with Crippen LogP contribution in [0.25, 0.3) is 61.2 Å². The maximum Gasteiger partial charge on any atom is 0.0738 e. The van der Waals surface area contributed by atoms with Crippen LogP contribution in [0.1, 0.15) is 119 Å². The van der Waals surface area contributed by atoms with Crippen molar-refractivity contribution < 1.29 is 0 Å². The van der Waals surface area contributed by atoms with Gasteiger partial charge in [-0.2, -0.15) is 0 Å². The van der Waals surface area contributed by atoms with E-state index in [1.165, 1.54) is 128 Å². The normalized spacial score (nSPS) is 15.3. The standard InChI is InChI=1S/C59H48.C14H14.C2H6/c1-7-47-52-32-29-46(43-23-20-37(2)21-24-43)36-57(52)59(58(47)49-17-11-9-15-40(49)5)55-19-13-12-18-51(55)54-35-45(30-33-56(54)59)44-27-25-42(26-28-44)41(6)50-31-22-38(3)34-53(50)48-16-10-8-14-39(48)4;1-11-7-3-5-9-13(11)14-10-6-4-8-12(14)2;1-2/h1,9-13,15-36,41H,8,14H2,2-6H3;3-10H,1-2H3;1-2H3. The Morgan fingerprint density at radius 1 is 0.440 bits per heavy atom. The highest BCUT2D eigenvalue weighted by molar-refractivity contribution is 6.14. The average molecular weight is 969 g/mol. The average Bonchev–Trinajstić information content (AvgIpc) is 3.94. The van der Waals surface area contributed by atoms with Crippen LogP contribution in [0.2, 0.25) is 0 Å². The van der Waals surface area contributed by atoms with Gasteiger partial charge in [0, 0.05) is 11.5 Å². The predicted molar refractivity (Wildman–Crippen MR) is 323 cm³/mol. The van der Waals surface area contributed by atoms with Crippen LogP contribution in [0.5, 0.6) is 0 Å². The molecule has 2 atom stereocenters. The molecule has 2 unspecified atom stereocenters. The van der Waals surface area contributed by atoms with Crippen LogP contribution < -0.4 is 0 Å². The molecule has 0 heterocycles. The molecule has 12 rings (SSSR count). The van der Waals surface area contributed by atoms with Gasteiger partial charge in [-0.1, -0.05) is 244 Å². The summed E-state index contributed by atoms with van der Waals surface area (Å²) in [4.78, 5) is 0. The molecule has 0 aromatic heterocycles. The van der Waals surface area contributed by atoms with Crippen molar-refractivity contribution in [2.24, 2.45) is 0 Å². The van der Waals surface area contributed by atoms with E-state index in [0.29, 0.717) is 0 Å². The van der Waals surface area contributed by atoms with Crippen molar-refractivity contribution in [3.63, 3.8) is 0 Å². The minimum atomic E-state index is -0.583. The van der Waals surface area contributed by atoms with E-state index in [0.717, 1.165) is 24.0 Å². The molecule has 1 spiro atoms. The Morgan fingerprint density at radius 2 is 0.960 bits per heavy atom. The summed E-state index contributed by atoms with van der Waals surface area (Å²) in [5.74, 6) is 3.50. The summed E-state index contributed by atoms with van der Waals surface area (Å²) in [5, 5.41) is 0. The lowest BCUT2D eigenvalue weighted by molar-refractivity contribution is 0.841. The largest absolute Gasteiger partial charge is 0.115 e. The smallest absolute Gasteiger partial charge is 0.0738 e. The highest BCUT2D eigenvalue weighted by Crippen LogP contribution is 2.65. The first-order valence-corrected chi connectivity index (χ1v) is 27.0. The van der Waals surface area contributed by atoms with Crippen molar-refractivity contribution in [1.82, 2.24) is 0 Å². The van der Waals surface area contributed by atoms with Crippen molar-refractivity contribution in [2.75, 3.05) is 0 Å². The molecule has 0 radical (unpaired) electrons. The number of terminal acetylenes is 1. The molecule has 0 fully saturated rings. The molecule has 9 aromatic carbocycles. The molecule has 0 amide bonds. The highest BCUT2D eigenvalue weighted by atomic mass is 14.5. The number of rotatable bonds is 7. The number of hydrogen-bond acceptors (Lipinski definition) is 0. The molecule has 0 bridgehead atoms. The minimum absolute atomic E-state index is 0.256. The number of benzene rings is 9. The Bertz CT molecular complexity index is 3700. The third-order valence-electron chi connectivity index (χ3n) is 16.0. The summed E-state index contributed by atoms with van der Waals surface area (Å²) in [6.45, 7) is 19.5. The fourth-order valence-corrected chi connectivity index (χ4v) is 12.1. The molecular weight excluding hydrogens is 901 g/mol. The Morgan fingerprint density at radius 3 is 1.57 bits per heavy atom. The van der Waals surface area contributed by atoms with E-state index < -0.39 is 5.41 Å². The summed E-state index contributed by atoms with van der Waals surface area (Å²) < 4.78 is 0. The van der Waals surface area contributed by atoms with Gasteiger partial charge in [0.15, 0.2) is 0 Å². The molecule has 3 aliphatic rings. The Hall–Kier alpha value is -8.24. The van der Waals surface area contributed by atoms with E-state index in [2.05, 4.69) is 267 Å². The van der Waals surface area contributed by atoms with Gasteiger partial charge in [-0.3, -0.25) is 0 Å². The lowest BCUT2D eigenvalue weighted by atomic mass is 9.67. The van der Waals surface area contributed by atoms with E-state index in [4.69, 9.17) is 6.42 Å². The fraction of sp³-hybridized carbons (Fsp3) is 0.173. The van der Waals surface area contributed by atoms with E-state index in [-0.39, 0.29) is 5.92 Å². The first kappa shape index (κ1) is 50.3. The summed E-state index contributed by atoms with van der Waals surface area (Å²) in [5.41, 5.74) is 31.2. The van der Waals surface area contributed by atoms with Crippen molar-refractivity contribution in [1.29, 1.82) is 0 Å². The monoisotopic (exact) mass is 969 g/mol. The van der Waals surface area contributed by atoms with Crippen LogP contribution in [0, 0.1) is 47.0 Å². The Balaban J connectivity index is 0.000000344. The molecule has 0 heteroatoms. The summed E-state index contributed by atoms with van der Waals surface area (Å²) in [6, 6.07) is 74.0. The van der Waals surface area contributed by atoms with Crippen LogP contribution in [0.3, 0.4) is 0 Å². The first-order valence-electron chi connectivity index (χ1n) is 27.0. The zero-order valence-corrected chi connectivity index (χ0v) is 45.3. The fourth-order valence-electron chi connectivity index (χ4n) is 12.1. The maximum atomic E-state index is 6.60. The van der Waals surface area contributed by atoms with Gasteiger partial charge >= 0.3 is 0 Å². The van der Waals surface area contributed by atoms with E-state index >= 15 is 0 Å². The zero-order chi connectivity index (χ0) is 52.4. The van der Waals surface area contributed by atoms with Crippen LogP contribution >= 0.6 is 0 Å². The molecule has 368 valence electrons. The second-order valence-corrected chi connectivity index (χ2v) is 20.6. The van der Waals surface area contributed by atoms with Crippen LogP contribution in [0.15, 0.2) is 218 Å². The Kier molecular flexibility index (Phi) is 14.3. The van der Waals surface area contributed by atoms with Crippen molar-refractivity contribution in [3.05, 3.63) is 290 Å². The molecule has 0 nitrogen and oxygen atoms in total. The lowest BCUT2D eigenvalue weighted by Crippen LogP contribution is -2.27. The van der Waals surface area contributed by atoms with Gasteiger partial charge in [0.1, 0.15) is 0 Å². The van der Waals surface area contributed by atoms with E-state index in [9.17, 15) is 0 Å². The summed E-state index contributed by atoms with van der Waals surface area (Å²) >= 11 is 0. The highest BCUT2D eigenvalue weighted by Gasteiger charge is 2.53. The third-order valence-corrected chi connectivity index (χ3v) is 16.0. The molecule has 75 heavy (non-hydrogen) atoms. The van der Waals surface area contributed by atoms with E-state index in [1.807, 2.05) is 13.8 Å². The quantitative estimate of drug-likeness (QED) is 0.140. The van der Waals surface area contributed by atoms with Gasteiger partial charge in [0.05, 0.1) is 5.41 Å². The maximum absolute atomic E-state index is 6.60. The summed E-state index contributed by atoms with van der Waals surface area (Å²) in [6.07, 6.45) is 13.5. The second-order valence-electron chi connectivity index (χ2n) is 20.6. The lowest BCUT2D eigenvalue weighted by Gasteiger charge is -2.34. The number of hydrogen-bond donors (Lipinski definition) is 0. The van der Waals surface area contributed by atoms with Gasteiger partial charge in [-0.15, -0.1) is 6.42 Å². The minimum Gasteiger partial charge on any atom is -0.115 e. The van der Waals surface area contributed by atoms with Gasteiger partial charge in [0.25, 0.3) is 0 Å². The Labute approximate surface area is 447 Å². The number of fused-ring (bicyclic) bond motifs is 7. The third kappa shape index (κ3) is 9.06. The van der Waals surface area contributed by atoms with Crippen LogP contribution in [0.4, 0.5) is 0 Å². The molecule has 0 aliphatic heterocycles. The number of allylic oxidation sites excluding steroid dienone is 6. The zero-order valence-electron chi connectivity index (χ0n) is 45.3. The molecule has 0 saturated heterocycles. The van der Waals surface area contributed by atoms with Crippen molar-refractivity contribution >= 4 is 16.7 Å². The first-order chi connectivity index (χ1) is 36.6. The van der Waals surface area contributed by atoms with Crippen molar-refractivity contribution in [3.8, 4) is 56.9 Å². The predicted octanol–water partition coefficient (Wildman–Crippen LogP) is 20.1. The molecule has 3 aliphatic carbocycles. The van der Waals surface area contributed by atoms with Crippen LogP contribution in [-0.2, 0) is 5.41 Å². The molecule has 0 saturated carbocycles. The van der Waals surface area contributed by atoms with Crippen LogP contribution in [-0.4, -0.2) is 0 Å². The van der Waals surface area contributed by atoms with Gasteiger partial charge < -0.3 is 0 Å². The van der Waals surface area contributed by atoms with E-state index in [1.54, 1.807) is 0 Å². The number of aryl methyl sites for hydroxylation is 5.